The van der Waals surface area contributed by atoms with Crippen molar-refractivity contribution >= 4 is 5.69 Å². The Hall–Kier alpha value is -2.56. The quantitative estimate of drug-likeness (QED) is 0.447. The third-order valence-electron chi connectivity index (χ3n) is 4.61. The van der Waals surface area contributed by atoms with Gasteiger partial charge in [-0.15, -0.1) is 0 Å². The topological polar surface area (TPSA) is 82.0 Å². The summed E-state index contributed by atoms with van der Waals surface area (Å²) in [6.07, 6.45) is 0. The molecule has 2 aromatic rings. The second kappa shape index (κ2) is 7.22. The zero-order valence-electron chi connectivity index (χ0n) is 17.3. The maximum Gasteiger partial charge on any atom is 0.142 e. The number of rotatable bonds is 4. The van der Waals surface area contributed by atoms with Gasteiger partial charge >= 0.3 is 0 Å². The number of phenols is 3. The van der Waals surface area contributed by atoms with E-state index in [1.807, 2.05) is 41.5 Å². The van der Waals surface area contributed by atoms with Gasteiger partial charge in [-0.25, -0.2) is 0 Å². The standard InChI is InChI=1S/C22H31NO4/c1-21(2,3)14-11-16(25)18(22(4,5)6)19(20(14)26)23-12-13-15(24)9-8-10-17(13)27-7/h8-11,23-26H,12H2,1-7H3. The predicted octanol–water partition coefficient (Wildman–Crippen LogP) is 5.02. The largest absolute Gasteiger partial charge is 0.508 e. The molecule has 148 valence electrons. The van der Waals surface area contributed by atoms with Crippen LogP contribution >= 0.6 is 0 Å². The summed E-state index contributed by atoms with van der Waals surface area (Å²) in [6.45, 7) is 12.1. The Bertz CT molecular complexity index is 830. The van der Waals surface area contributed by atoms with Crippen LogP contribution in [0.2, 0.25) is 0 Å². The van der Waals surface area contributed by atoms with Crippen LogP contribution in [0.5, 0.6) is 23.0 Å². The summed E-state index contributed by atoms with van der Waals surface area (Å²) in [7, 11) is 1.54. The molecule has 2 rings (SSSR count). The fourth-order valence-corrected chi connectivity index (χ4v) is 3.26. The Morgan fingerprint density at radius 3 is 2.07 bits per heavy atom. The number of ether oxygens (including phenoxy) is 1. The van der Waals surface area contributed by atoms with Gasteiger partial charge in [0.25, 0.3) is 0 Å². The number of anilines is 1. The van der Waals surface area contributed by atoms with Gasteiger partial charge in [-0.3, -0.25) is 0 Å². The van der Waals surface area contributed by atoms with Crippen molar-refractivity contribution in [1.82, 2.24) is 0 Å². The Balaban J connectivity index is 2.60. The molecule has 0 unspecified atom stereocenters. The molecule has 2 aromatic carbocycles. The van der Waals surface area contributed by atoms with Gasteiger partial charge in [0, 0.05) is 17.7 Å². The number of aromatic hydroxyl groups is 3. The SMILES string of the molecule is COc1cccc(O)c1CNc1c(O)c(C(C)(C)C)cc(O)c1C(C)(C)C. The van der Waals surface area contributed by atoms with Gasteiger partial charge in [0.15, 0.2) is 0 Å². The van der Waals surface area contributed by atoms with E-state index in [0.29, 0.717) is 28.1 Å². The molecule has 5 heteroatoms. The summed E-state index contributed by atoms with van der Waals surface area (Å²) in [4.78, 5) is 0. The fraction of sp³-hybridized carbons (Fsp3) is 0.455. The number of hydrogen-bond acceptors (Lipinski definition) is 5. The average molecular weight is 373 g/mol. The number of methoxy groups -OCH3 is 1. The summed E-state index contributed by atoms with van der Waals surface area (Å²) in [5, 5.41) is 35.2. The lowest BCUT2D eigenvalue weighted by Gasteiger charge is -2.30. The number of phenolic OH excluding ortho intramolecular Hbond substituents is 3. The molecule has 4 N–H and O–H groups in total. The molecule has 0 bridgehead atoms. The van der Waals surface area contributed by atoms with Crippen molar-refractivity contribution < 1.29 is 20.1 Å². The summed E-state index contributed by atoms with van der Waals surface area (Å²) in [5.41, 5.74) is 1.59. The molecule has 0 saturated carbocycles. The minimum Gasteiger partial charge on any atom is -0.508 e. The molecule has 0 aromatic heterocycles. The Morgan fingerprint density at radius 1 is 0.926 bits per heavy atom. The van der Waals surface area contributed by atoms with Crippen LogP contribution in [0.4, 0.5) is 5.69 Å². The lowest BCUT2D eigenvalue weighted by molar-refractivity contribution is 0.400. The van der Waals surface area contributed by atoms with Crippen LogP contribution in [0.3, 0.4) is 0 Å². The van der Waals surface area contributed by atoms with E-state index in [0.717, 1.165) is 0 Å². The molecular formula is C22H31NO4. The first-order valence-electron chi connectivity index (χ1n) is 9.06. The predicted molar refractivity (Wildman–Crippen MR) is 109 cm³/mol. The highest BCUT2D eigenvalue weighted by molar-refractivity contribution is 5.72. The van der Waals surface area contributed by atoms with Gasteiger partial charge in [-0.1, -0.05) is 47.6 Å². The van der Waals surface area contributed by atoms with Crippen LogP contribution in [0.1, 0.15) is 58.2 Å². The van der Waals surface area contributed by atoms with E-state index in [4.69, 9.17) is 4.74 Å². The van der Waals surface area contributed by atoms with Gasteiger partial charge in [-0.05, 0) is 29.0 Å². The number of benzene rings is 2. The van der Waals surface area contributed by atoms with Crippen molar-refractivity contribution in [3.63, 3.8) is 0 Å². The van der Waals surface area contributed by atoms with Gasteiger partial charge in [-0.2, -0.15) is 0 Å². The summed E-state index contributed by atoms with van der Waals surface area (Å²) < 4.78 is 5.33. The molecule has 5 nitrogen and oxygen atoms in total. The fourth-order valence-electron chi connectivity index (χ4n) is 3.26. The molecule has 0 aliphatic carbocycles. The third-order valence-corrected chi connectivity index (χ3v) is 4.61. The first kappa shape index (κ1) is 20.7. The van der Waals surface area contributed by atoms with Gasteiger partial charge in [0.2, 0.25) is 0 Å². The zero-order valence-corrected chi connectivity index (χ0v) is 17.3. The first-order valence-corrected chi connectivity index (χ1v) is 9.06. The Kier molecular flexibility index (Phi) is 5.55. The molecule has 0 fully saturated rings. The van der Waals surface area contributed by atoms with E-state index in [2.05, 4.69) is 5.32 Å². The van der Waals surface area contributed by atoms with Crippen LogP contribution in [-0.4, -0.2) is 22.4 Å². The highest BCUT2D eigenvalue weighted by atomic mass is 16.5. The number of hydrogen-bond donors (Lipinski definition) is 4. The minimum absolute atomic E-state index is 0.106. The maximum atomic E-state index is 11.0. The molecule has 0 atom stereocenters. The second-order valence-electron chi connectivity index (χ2n) is 8.85. The molecule has 0 amide bonds. The molecular weight excluding hydrogens is 342 g/mol. The van der Waals surface area contributed by atoms with Gasteiger partial charge in [0.05, 0.1) is 18.4 Å². The normalized spacial score (nSPS) is 12.1. The van der Waals surface area contributed by atoms with E-state index < -0.39 is 5.41 Å². The van der Waals surface area contributed by atoms with E-state index in [9.17, 15) is 15.3 Å². The van der Waals surface area contributed by atoms with Crippen molar-refractivity contribution in [1.29, 1.82) is 0 Å². The summed E-state index contributed by atoms with van der Waals surface area (Å²) in [5.74, 6) is 0.905. The maximum absolute atomic E-state index is 11.0. The van der Waals surface area contributed by atoms with Crippen molar-refractivity contribution in [2.75, 3.05) is 12.4 Å². The van der Waals surface area contributed by atoms with Crippen LogP contribution in [-0.2, 0) is 17.4 Å². The zero-order chi connectivity index (χ0) is 20.6. The van der Waals surface area contributed by atoms with Gasteiger partial charge < -0.3 is 25.4 Å². The Labute approximate surface area is 161 Å². The van der Waals surface area contributed by atoms with Crippen LogP contribution in [0, 0.1) is 0 Å². The summed E-state index contributed by atoms with van der Waals surface area (Å²) >= 11 is 0. The Morgan fingerprint density at radius 2 is 1.56 bits per heavy atom. The third kappa shape index (κ3) is 4.24. The van der Waals surface area contributed by atoms with E-state index in [1.165, 1.54) is 0 Å². The monoisotopic (exact) mass is 373 g/mol. The van der Waals surface area contributed by atoms with Crippen molar-refractivity contribution in [3.05, 3.63) is 41.0 Å². The second-order valence-corrected chi connectivity index (χ2v) is 8.85. The van der Waals surface area contributed by atoms with Gasteiger partial charge in [0.1, 0.15) is 23.0 Å². The lowest BCUT2D eigenvalue weighted by atomic mass is 9.79. The molecule has 0 aliphatic rings. The van der Waals surface area contributed by atoms with Crippen LogP contribution < -0.4 is 10.1 Å². The average Bonchev–Trinajstić information content (AvgIpc) is 2.53. The molecule has 0 aliphatic heterocycles. The highest BCUT2D eigenvalue weighted by Gasteiger charge is 2.30. The number of nitrogens with one attached hydrogen (secondary N) is 1. The van der Waals surface area contributed by atoms with Crippen LogP contribution in [0.25, 0.3) is 0 Å². The van der Waals surface area contributed by atoms with Crippen LogP contribution in [0.15, 0.2) is 24.3 Å². The van der Waals surface area contributed by atoms with E-state index in [1.54, 1.807) is 31.4 Å². The van der Waals surface area contributed by atoms with Crippen molar-refractivity contribution in [3.8, 4) is 23.0 Å². The molecule has 0 saturated heterocycles. The molecule has 0 spiro atoms. The van der Waals surface area contributed by atoms with E-state index >= 15 is 0 Å². The summed E-state index contributed by atoms with van der Waals surface area (Å²) in [6, 6.07) is 6.71. The smallest absolute Gasteiger partial charge is 0.142 e. The lowest BCUT2D eigenvalue weighted by Crippen LogP contribution is -2.19. The first-order chi connectivity index (χ1) is 12.4. The highest BCUT2D eigenvalue weighted by Crippen LogP contribution is 2.47. The van der Waals surface area contributed by atoms with Crippen molar-refractivity contribution in [2.24, 2.45) is 0 Å². The van der Waals surface area contributed by atoms with Crippen molar-refractivity contribution in [2.45, 2.75) is 58.9 Å². The molecule has 0 heterocycles. The molecule has 0 radical (unpaired) electrons. The molecule has 27 heavy (non-hydrogen) atoms. The van der Waals surface area contributed by atoms with E-state index in [-0.39, 0.29) is 29.2 Å². The minimum atomic E-state index is -0.400.